The van der Waals surface area contributed by atoms with E-state index in [1.54, 1.807) is 17.4 Å². The first-order valence-electron chi connectivity index (χ1n) is 13.6. The number of rotatable bonds is 8. The van der Waals surface area contributed by atoms with Crippen LogP contribution in [0.2, 0.25) is 0 Å². The molecule has 212 valence electrons. The summed E-state index contributed by atoms with van der Waals surface area (Å²) in [5.74, 6) is -0.430. The third-order valence-corrected chi connectivity index (χ3v) is 7.43. The highest BCUT2D eigenvalue weighted by molar-refractivity contribution is 7.13. The molecule has 3 aromatic carbocycles. The molecular weight excluding hydrogens is 536 g/mol. The van der Waals surface area contributed by atoms with E-state index in [1.807, 2.05) is 98.9 Å². The molecule has 7 nitrogen and oxygen atoms in total. The second-order valence-electron chi connectivity index (χ2n) is 10.7. The normalized spacial score (nSPS) is 13.5. The molecule has 1 aromatic heterocycles. The molecule has 4 aromatic rings. The molecule has 0 aliphatic carbocycles. The summed E-state index contributed by atoms with van der Waals surface area (Å²) >= 11 is 1.58. The maximum atomic E-state index is 14.0. The van der Waals surface area contributed by atoms with E-state index in [0.29, 0.717) is 36.8 Å². The van der Waals surface area contributed by atoms with Gasteiger partial charge in [0.1, 0.15) is 18.0 Å². The van der Waals surface area contributed by atoms with Crippen molar-refractivity contribution >= 4 is 34.6 Å². The summed E-state index contributed by atoms with van der Waals surface area (Å²) in [7, 11) is 0. The van der Waals surface area contributed by atoms with E-state index in [0.717, 1.165) is 34.8 Å². The fourth-order valence-electron chi connectivity index (χ4n) is 4.52. The molecular formula is C33H34N2O5S. The summed E-state index contributed by atoms with van der Waals surface area (Å²) in [5, 5.41) is 5.00. The standard InChI is InChI=1S/C33H34N2O5S/c1-33(2,3)40-32(37)26-13-11-24(30-10-7-19-41-30)20-28(26)34-31(36)27-21-25(35-15-17-38-18-16-35)12-14-29(27)39-22-23-8-5-4-6-9-23/h4-14,19-21H,15-18,22H2,1-3H3,(H,34,36). The van der Waals surface area contributed by atoms with Gasteiger partial charge in [0, 0.05) is 23.7 Å². The summed E-state index contributed by atoms with van der Waals surface area (Å²) in [4.78, 5) is 30.3. The quantitative estimate of drug-likeness (QED) is 0.229. The van der Waals surface area contributed by atoms with Gasteiger partial charge in [0.25, 0.3) is 5.91 Å². The second-order valence-corrected chi connectivity index (χ2v) is 11.7. The summed E-state index contributed by atoms with van der Waals surface area (Å²) in [6.07, 6.45) is 0. The first-order chi connectivity index (χ1) is 19.8. The van der Waals surface area contributed by atoms with E-state index >= 15 is 0 Å². The lowest BCUT2D eigenvalue weighted by atomic mass is 10.1. The van der Waals surface area contributed by atoms with E-state index in [1.165, 1.54) is 0 Å². The highest BCUT2D eigenvalue weighted by Gasteiger charge is 2.24. The number of benzene rings is 3. The van der Waals surface area contributed by atoms with Gasteiger partial charge in [-0.3, -0.25) is 4.79 Å². The Hall–Kier alpha value is -4.14. The van der Waals surface area contributed by atoms with Crippen molar-refractivity contribution < 1.29 is 23.8 Å². The van der Waals surface area contributed by atoms with E-state index in [9.17, 15) is 9.59 Å². The number of carbonyl (C=O) groups excluding carboxylic acids is 2. The van der Waals surface area contributed by atoms with Gasteiger partial charge in [-0.2, -0.15) is 0 Å². The van der Waals surface area contributed by atoms with Crippen LogP contribution in [0.3, 0.4) is 0 Å². The van der Waals surface area contributed by atoms with Gasteiger partial charge < -0.3 is 24.4 Å². The number of amides is 1. The highest BCUT2D eigenvalue weighted by atomic mass is 32.1. The Labute approximate surface area is 244 Å². The minimum Gasteiger partial charge on any atom is -0.488 e. The Morgan fingerprint density at radius 1 is 0.927 bits per heavy atom. The average molecular weight is 571 g/mol. The van der Waals surface area contributed by atoms with Gasteiger partial charge in [-0.1, -0.05) is 42.5 Å². The molecule has 1 saturated heterocycles. The zero-order valence-corrected chi connectivity index (χ0v) is 24.3. The molecule has 1 aliphatic heterocycles. The minimum absolute atomic E-state index is 0.282. The molecule has 5 rings (SSSR count). The van der Waals surface area contributed by atoms with E-state index in [-0.39, 0.29) is 11.5 Å². The van der Waals surface area contributed by atoms with Gasteiger partial charge in [0.05, 0.1) is 30.0 Å². The molecule has 1 aliphatic rings. The zero-order valence-electron chi connectivity index (χ0n) is 23.5. The van der Waals surface area contributed by atoms with Crippen LogP contribution >= 0.6 is 11.3 Å². The molecule has 0 saturated carbocycles. The molecule has 0 unspecified atom stereocenters. The maximum absolute atomic E-state index is 14.0. The molecule has 8 heteroatoms. The lowest BCUT2D eigenvalue weighted by Gasteiger charge is -2.29. The van der Waals surface area contributed by atoms with Crippen molar-refractivity contribution in [3.8, 4) is 16.2 Å². The number of hydrogen-bond donors (Lipinski definition) is 1. The fraction of sp³-hybridized carbons (Fsp3) is 0.273. The summed E-state index contributed by atoms with van der Waals surface area (Å²) < 4.78 is 17.3. The van der Waals surface area contributed by atoms with Crippen LogP contribution in [0.25, 0.3) is 10.4 Å². The molecule has 0 radical (unpaired) electrons. The molecule has 0 spiro atoms. The predicted molar refractivity (Wildman–Crippen MR) is 163 cm³/mol. The van der Waals surface area contributed by atoms with Crippen molar-refractivity contribution in [3.05, 3.63) is 101 Å². The number of esters is 1. The lowest BCUT2D eigenvalue weighted by Crippen LogP contribution is -2.36. The van der Waals surface area contributed by atoms with Gasteiger partial charge in [-0.05, 0) is 73.7 Å². The molecule has 1 fully saturated rings. The Morgan fingerprint density at radius 2 is 1.71 bits per heavy atom. The van der Waals surface area contributed by atoms with Crippen LogP contribution in [-0.4, -0.2) is 43.8 Å². The summed E-state index contributed by atoms with van der Waals surface area (Å²) in [6.45, 7) is 8.48. The number of anilines is 2. The van der Waals surface area contributed by atoms with Crippen molar-refractivity contribution in [1.29, 1.82) is 0 Å². The second kappa shape index (κ2) is 12.6. The molecule has 1 N–H and O–H groups in total. The first kappa shape index (κ1) is 28.4. The molecule has 41 heavy (non-hydrogen) atoms. The third-order valence-electron chi connectivity index (χ3n) is 6.51. The largest absolute Gasteiger partial charge is 0.488 e. The first-order valence-corrected chi connectivity index (χ1v) is 14.5. The van der Waals surface area contributed by atoms with Crippen LogP contribution in [0, 0.1) is 0 Å². The molecule has 2 heterocycles. The van der Waals surface area contributed by atoms with Crippen molar-refractivity contribution in [2.24, 2.45) is 0 Å². The molecule has 0 bridgehead atoms. The lowest BCUT2D eigenvalue weighted by molar-refractivity contribution is 0.00707. The van der Waals surface area contributed by atoms with Crippen LogP contribution < -0.4 is 15.0 Å². The van der Waals surface area contributed by atoms with Gasteiger partial charge in [0.15, 0.2) is 0 Å². The topological polar surface area (TPSA) is 77.1 Å². The predicted octanol–water partition coefficient (Wildman–Crippen LogP) is 7.04. The van der Waals surface area contributed by atoms with Crippen LogP contribution in [-0.2, 0) is 16.1 Å². The van der Waals surface area contributed by atoms with Crippen LogP contribution in [0.5, 0.6) is 5.75 Å². The van der Waals surface area contributed by atoms with Crippen molar-refractivity contribution in [3.63, 3.8) is 0 Å². The van der Waals surface area contributed by atoms with E-state index < -0.39 is 11.6 Å². The van der Waals surface area contributed by atoms with Gasteiger partial charge >= 0.3 is 5.97 Å². The molecule has 0 atom stereocenters. The number of nitrogens with one attached hydrogen (secondary N) is 1. The number of morpholine rings is 1. The van der Waals surface area contributed by atoms with Gasteiger partial charge in [-0.15, -0.1) is 11.3 Å². The number of nitrogens with zero attached hydrogens (tertiary/aromatic N) is 1. The van der Waals surface area contributed by atoms with Gasteiger partial charge in [0.2, 0.25) is 0 Å². The highest BCUT2D eigenvalue weighted by Crippen LogP contribution is 2.32. The molecule has 1 amide bonds. The Bertz CT molecular complexity index is 1490. The summed E-state index contributed by atoms with van der Waals surface area (Å²) in [6, 6.07) is 24.8. The number of ether oxygens (including phenoxy) is 3. The van der Waals surface area contributed by atoms with Gasteiger partial charge in [-0.25, -0.2) is 4.79 Å². The Morgan fingerprint density at radius 3 is 2.41 bits per heavy atom. The van der Waals surface area contributed by atoms with Crippen LogP contribution in [0.4, 0.5) is 11.4 Å². The Kier molecular flexibility index (Phi) is 8.71. The van der Waals surface area contributed by atoms with Crippen molar-refractivity contribution in [2.75, 3.05) is 36.5 Å². The number of hydrogen-bond acceptors (Lipinski definition) is 7. The zero-order chi connectivity index (χ0) is 28.8. The average Bonchev–Trinajstić information content (AvgIpc) is 3.51. The number of carbonyl (C=O) groups is 2. The van der Waals surface area contributed by atoms with Crippen LogP contribution in [0.15, 0.2) is 84.2 Å². The smallest absolute Gasteiger partial charge is 0.340 e. The Balaban J connectivity index is 1.49. The number of thiophene rings is 1. The third kappa shape index (κ3) is 7.34. The van der Waals surface area contributed by atoms with Crippen molar-refractivity contribution in [1.82, 2.24) is 0 Å². The minimum atomic E-state index is -0.685. The monoisotopic (exact) mass is 570 g/mol. The van der Waals surface area contributed by atoms with E-state index in [4.69, 9.17) is 14.2 Å². The van der Waals surface area contributed by atoms with Crippen molar-refractivity contribution in [2.45, 2.75) is 33.0 Å². The van der Waals surface area contributed by atoms with Crippen LogP contribution in [0.1, 0.15) is 47.1 Å². The van der Waals surface area contributed by atoms with E-state index in [2.05, 4.69) is 10.2 Å². The summed E-state index contributed by atoms with van der Waals surface area (Å²) in [5.41, 5.74) is 3.14. The fourth-order valence-corrected chi connectivity index (χ4v) is 5.24. The SMILES string of the molecule is CC(C)(C)OC(=O)c1ccc(-c2cccs2)cc1NC(=O)c1cc(N2CCOCC2)ccc1OCc1ccccc1. The maximum Gasteiger partial charge on any atom is 0.340 e.